The number of alkyl halides is 6. The zero-order valence-corrected chi connectivity index (χ0v) is 45.1. The fourth-order valence-corrected chi connectivity index (χ4v) is 6.56. The van der Waals surface area contributed by atoms with Crippen molar-refractivity contribution in [2.75, 3.05) is 0 Å². The quantitative estimate of drug-likeness (QED) is 0.104. The number of carbonyl (C=O) groups excluding carboxylic acids is 2. The number of rotatable bonds is 6. The summed E-state index contributed by atoms with van der Waals surface area (Å²) < 4.78 is 126. The van der Waals surface area contributed by atoms with E-state index < -0.39 is 67.5 Å². The van der Waals surface area contributed by atoms with Gasteiger partial charge in [0.15, 0.2) is 0 Å². The molecule has 2 fully saturated rings. The smallest absolute Gasteiger partial charge is 0.443 e. The summed E-state index contributed by atoms with van der Waals surface area (Å²) in [6.45, 7) is 35.2. The number of unbranched alkanes of at least 4 members (excludes halogenated alkanes) is 1. The third kappa shape index (κ3) is 17.1. The van der Waals surface area contributed by atoms with Crippen LogP contribution in [0.2, 0.25) is 0 Å². The van der Waals surface area contributed by atoms with Crippen LogP contribution in [0.4, 0.5) is 35.9 Å². The van der Waals surface area contributed by atoms with Gasteiger partial charge in [-0.2, -0.15) is 6.42 Å². The summed E-state index contributed by atoms with van der Waals surface area (Å²) in [6, 6.07) is 8.05. The Balaban J connectivity index is 0.000000367. The molecule has 0 radical (unpaired) electrons. The standard InChI is InChI=1S/C20H25BF3NO5.C14H13BrF3NO3.C9H19BO3.C4H9.Li/c1-17(2,3)28-16(26)25-11-10-12-13(25)8-9-14(27-20(22,23)24)15(12)21-29-18(4,5)19(6,7)30-21;1-13(2,3)22-12(20)19-7-6-8-9(19)4-5-10(11(8)15)21-14(16,17)18;1-7(2)11-10-12-8(3,4)9(5,6)13-10;1-3-4-2;/h8-11H,1-7H3;4-7H,1-3H3;7H,1-6H3;1,3-4H2,2H3;/q;;;-1;+1. The van der Waals surface area contributed by atoms with Gasteiger partial charge < -0.3 is 49.1 Å². The molecule has 2 aromatic carbocycles. The van der Waals surface area contributed by atoms with E-state index in [4.69, 9.17) is 32.7 Å². The average molecular weight is 1060 g/mol. The van der Waals surface area contributed by atoms with E-state index in [0.29, 0.717) is 21.8 Å². The Morgan fingerprint density at radius 3 is 1.39 bits per heavy atom. The predicted octanol–water partition coefficient (Wildman–Crippen LogP) is 10.3. The molecule has 2 aliphatic heterocycles. The van der Waals surface area contributed by atoms with Crippen molar-refractivity contribution >= 4 is 69.8 Å². The molecule has 2 saturated heterocycles. The fourth-order valence-electron chi connectivity index (χ4n) is 6.01. The summed E-state index contributed by atoms with van der Waals surface area (Å²) in [5.41, 5.74) is -2.73. The minimum atomic E-state index is -4.90. The molecule has 4 aromatic rings. The van der Waals surface area contributed by atoms with Crippen LogP contribution in [0.1, 0.15) is 131 Å². The molecule has 386 valence electrons. The molecular weight excluding hydrogens is 991 g/mol. The maximum atomic E-state index is 13.0. The Hall–Kier alpha value is -3.35. The van der Waals surface area contributed by atoms with Gasteiger partial charge in [0.1, 0.15) is 22.7 Å². The molecule has 2 aliphatic rings. The maximum Gasteiger partial charge on any atom is 1.00 e. The normalized spacial score (nSPS) is 17.1. The largest absolute Gasteiger partial charge is 1.00 e. The number of ether oxygens (including phenoxy) is 4. The van der Waals surface area contributed by atoms with Gasteiger partial charge in [0.05, 0.1) is 37.9 Å². The predicted molar refractivity (Wildman–Crippen MR) is 256 cm³/mol. The SMILES string of the molecule is CC(C)(C)OC(=O)n1ccc2c(B3OC(C)(C)C(C)(C)O3)c(OC(F)(F)F)ccc21.CC(C)(C)OC(=O)n1ccc2c(Br)c(OC(F)(F)F)ccc21.CC(C)OB1OC(C)(C)C(C)(C)O1.[CH2-]CCC.[Li+]. The van der Waals surface area contributed by atoms with Crippen molar-refractivity contribution in [2.45, 2.75) is 183 Å². The van der Waals surface area contributed by atoms with Crippen molar-refractivity contribution in [3.8, 4) is 11.5 Å². The summed E-state index contributed by atoms with van der Waals surface area (Å²) in [5, 5.41) is 0.744. The van der Waals surface area contributed by atoms with Crippen molar-refractivity contribution in [3.63, 3.8) is 0 Å². The van der Waals surface area contributed by atoms with E-state index >= 15 is 0 Å². The number of aromatic nitrogens is 2. The van der Waals surface area contributed by atoms with E-state index in [2.05, 4.69) is 39.3 Å². The van der Waals surface area contributed by atoms with Gasteiger partial charge in [-0.1, -0.05) is 13.3 Å². The van der Waals surface area contributed by atoms with Crippen LogP contribution < -0.4 is 33.8 Å². The Morgan fingerprint density at radius 2 is 1.01 bits per heavy atom. The third-order valence-electron chi connectivity index (χ3n) is 10.7. The van der Waals surface area contributed by atoms with Crippen LogP contribution in [0, 0.1) is 6.92 Å². The van der Waals surface area contributed by atoms with Crippen LogP contribution in [0.25, 0.3) is 21.8 Å². The molecule has 0 aliphatic carbocycles. The van der Waals surface area contributed by atoms with E-state index in [9.17, 15) is 35.9 Å². The summed E-state index contributed by atoms with van der Waals surface area (Å²) in [6.07, 6.45) is -5.69. The maximum absolute atomic E-state index is 13.0. The Bertz CT molecular complexity index is 2360. The minimum Gasteiger partial charge on any atom is -0.443 e. The van der Waals surface area contributed by atoms with E-state index in [1.807, 2.05) is 41.5 Å². The molecule has 2 aromatic heterocycles. The Morgan fingerprint density at radius 1 is 0.657 bits per heavy atom. The topological polar surface area (TPSA) is 127 Å². The average Bonchev–Trinajstić information content (AvgIpc) is 3.87. The number of benzene rings is 2. The summed E-state index contributed by atoms with van der Waals surface area (Å²) >= 11 is 3.07. The van der Waals surface area contributed by atoms with Crippen LogP contribution in [-0.2, 0) is 32.7 Å². The summed E-state index contributed by atoms with van der Waals surface area (Å²) in [7, 11) is -1.64. The van der Waals surface area contributed by atoms with E-state index in [0.717, 1.165) is 18.6 Å². The molecule has 6 rings (SSSR count). The first-order valence-electron chi connectivity index (χ1n) is 22.2. The van der Waals surface area contributed by atoms with Gasteiger partial charge in [-0.25, -0.2) is 9.59 Å². The molecule has 4 heterocycles. The Labute approximate surface area is 428 Å². The molecule has 0 bridgehead atoms. The van der Waals surface area contributed by atoms with E-state index in [1.165, 1.54) is 52.2 Å². The zero-order chi connectivity index (χ0) is 53.1. The van der Waals surface area contributed by atoms with Crippen LogP contribution >= 0.6 is 15.9 Å². The summed E-state index contributed by atoms with van der Waals surface area (Å²) in [5.74, 6) is -0.822. The van der Waals surface area contributed by atoms with Gasteiger partial charge in [0, 0.05) is 34.7 Å². The van der Waals surface area contributed by atoms with Crippen LogP contribution in [0.5, 0.6) is 11.5 Å². The zero-order valence-electron chi connectivity index (χ0n) is 43.5. The third-order valence-corrected chi connectivity index (χ3v) is 11.6. The molecule has 23 heteroatoms. The van der Waals surface area contributed by atoms with Gasteiger partial charge in [0.25, 0.3) is 0 Å². The van der Waals surface area contributed by atoms with Crippen LogP contribution in [0.3, 0.4) is 0 Å². The number of hydrogen-bond donors (Lipinski definition) is 0. The second-order valence-corrected chi connectivity index (χ2v) is 21.1. The molecule has 13 nitrogen and oxygen atoms in total. The monoisotopic (exact) mass is 1060 g/mol. The number of hydrogen-bond acceptors (Lipinski definition) is 11. The van der Waals surface area contributed by atoms with Crippen molar-refractivity contribution in [2.24, 2.45) is 0 Å². The number of carbonyl (C=O) groups is 2. The molecule has 0 unspecified atom stereocenters. The minimum absolute atomic E-state index is 0. The van der Waals surface area contributed by atoms with Gasteiger partial charge in [-0.15, -0.1) is 26.3 Å². The number of fused-ring (bicyclic) bond motifs is 2. The second kappa shape index (κ2) is 23.2. The van der Waals surface area contributed by atoms with Gasteiger partial charge in [-0.05, 0) is 163 Å². The van der Waals surface area contributed by atoms with Gasteiger partial charge in [0.2, 0.25) is 0 Å². The van der Waals surface area contributed by atoms with Crippen LogP contribution in [0.15, 0.2) is 53.3 Å². The van der Waals surface area contributed by atoms with E-state index in [-0.39, 0.29) is 51.9 Å². The molecule has 0 spiro atoms. The molecule has 0 atom stereocenters. The molecule has 70 heavy (non-hydrogen) atoms. The van der Waals surface area contributed by atoms with Crippen molar-refractivity contribution in [3.05, 3.63) is 60.2 Å². The first kappa shape index (κ1) is 62.8. The van der Waals surface area contributed by atoms with Gasteiger partial charge >= 0.3 is 58.2 Å². The number of halogens is 7. The molecule has 0 saturated carbocycles. The van der Waals surface area contributed by atoms with Crippen molar-refractivity contribution < 1.29 is 97.0 Å². The van der Waals surface area contributed by atoms with Crippen molar-refractivity contribution in [1.82, 2.24) is 9.13 Å². The van der Waals surface area contributed by atoms with Gasteiger partial charge in [-0.3, -0.25) is 9.13 Å². The van der Waals surface area contributed by atoms with Crippen molar-refractivity contribution in [1.29, 1.82) is 0 Å². The second-order valence-electron chi connectivity index (χ2n) is 20.3. The molecular formula is C47H66B2BrF6LiN2O11. The molecule has 0 amide bonds. The fraction of sp³-hybridized carbons (Fsp3) is 0.596. The first-order chi connectivity index (χ1) is 31.1. The Kier molecular flexibility index (Phi) is 20.8. The van der Waals surface area contributed by atoms with Crippen LogP contribution in [-0.4, -0.2) is 88.2 Å². The number of nitrogens with zero attached hydrogens (tertiary/aromatic N) is 2. The summed E-state index contributed by atoms with van der Waals surface area (Å²) in [4.78, 5) is 24.6. The first-order valence-corrected chi connectivity index (χ1v) is 23.0. The van der Waals surface area contributed by atoms with E-state index in [1.54, 1.807) is 69.2 Å². The molecule has 0 N–H and O–H groups in total.